The van der Waals surface area contributed by atoms with Crippen LogP contribution in [0.5, 0.6) is 0 Å². The number of benzene rings is 1. The quantitative estimate of drug-likeness (QED) is 0.692. The number of carbonyl (C=O) groups is 1. The Morgan fingerprint density at radius 1 is 1.23 bits per heavy atom. The molecule has 112 valence electrons. The van der Waals surface area contributed by atoms with Crippen molar-refractivity contribution in [3.05, 3.63) is 58.7 Å². The smallest absolute Gasteiger partial charge is 0.337 e. The van der Waals surface area contributed by atoms with E-state index in [2.05, 4.69) is 15.2 Å². The van der Waals surface area contributed by atoms with Gasteiger partial charge in [0, 0.05) is 17.8 Å². The largest absolute Gasteiger partial charge is 0.465 e. The van der Waals surface area contributed by atoms with Crippen LogP contribution in [0.3, 0.4) is 0 Å². The zero-order chi connectivity index (χ0) is 15.7. The molecule has 1 aromatic carbocycles. The summed E-state index contributed by atoms with van der Waals surface area (Å²) in [6.45, 7) is 4.00. The molecule has 0 atom stereocenters. The van der Waals surface area contributed by atoms with Crippen LogP contribution in [0.1, 0.15) is 32.9 Å². The number of ether oxygens (including phenoxy) is 1. The highest BCUT2D eigenvalue weighted by molar-refractivity contribution is 5.89. The third-order valence-electron chi connectivity index (χ3n) is 3.79. The van der Waals surface area contributed by atoms with Gasteiger partial charge in [-0.2, -0.15) is 0 Å². The topological polar surface area (TPSA) is 69.4 Å². The number of carbonyl (C=O) groups excluding carboxylic acids is 1. The lowest BCUT2D eigenvalue weighted by atomic mass is 10.0. The molecule has 22 heavy (non-hydrogen) atoms. The number of hydrogen-bond acceptors (Lipinski definition) is 5. The molecule has 0 unspecified atom stereocenters. The normalized spacial score (nSPS) is 10.9. The van der Waals surface area contributed by atoms with Gasteiger partial charge >= 0.3 is 5.97 Å². The minimum absolute atomic E-state index is 0.327. The molecule has 0 aliphatic carbocycles. The average molecular weight is 296 g/mol. The maximum atomic E-state index is 11.5. The van der Waals surface area contributed by atoms with Crippen LogP contribution in [0.2, 0.25) is 0 Å². The predicted molar refractivity (Wildman–Crippen MR) is 80.8 cm³/mol. The monoisotopic (exact) mass is 296 g/mol. The Hall–Kier alpha value is -2.76. The van der Waals surface area contributed by atoms with Crippen LogP contribution >= 0.6 is 0 Å². The van der Waals surface area contributed by atoms with E-state index in [0.717, 1.165) is 28.9 Å². The van der Waals surface area contributed by atoms with Crippen LogP contribution in [-0.2, 0) is 11.2 Å². The first-order chi connectivity index (χ1) is 10.6. The maximum absolute atomic E-state index is 11.5. The van der Waals surface area contributed by atoms with Crippen molar-refractivity contribution in [3.63, 3.8) is 0 Å². The lowest BCUT2D eigenvalue weighted by molar-refractivity contribution is 0.0600. The van der Waals surface area contributed by atoms with E-state index in [-0.39, 0.29) is 5.97 Å². The van der Waals surface area contributed by atoms with Gasteiger partial charge < -0.3 is 4.74 Å². The SMILES string of the molecule is COC(=O)c1ccc(Cc2c(C)nc3nncn3c2C)cc1. The molecule has 0 aliphatic heterocycles. The molecule has 0 amide bonds. The van der Waals surface area contributed by atoms with Crippen LogP contribution in [0.25, 0.3) is 5.78 Å². The molecule has 0 aliphatic rings. The summed E-state index contributed by atoms with van der Waals surface area (Å²) in [6.07, 6.45) is 2.40. The number of fused-ring (bicyclic) bond motifs is 1. The van der Waals surface area contributed by atoms with Gasteiger partial charge in [0.25, 0.3) is 5.78 Å². The summed E-state index contributed by atoms with van der Waals surface area (Å²) >= 11 is 0. The summed E-state index contributed by atoms with van der Waals surface area (Å²) in [7, 11) is 1.38. The highest BCUT2D eigenvalue weighted by Crippen LogP contribution is 2.18. The van der Waals surface area contributed by atoms with Crippen molar-refractivity contribution >= 4 is 11.7 Å². The second kappa shape index (κ2) is 5.55. The second-order valence-electron chi connectivity index (χ2n) is 5.13. The minimum atomic E-state index is -0.327. The third kappa shape index (κ3) is 2.43. The van der Waals surface area contributed by atoms with Gasteiger partial charge in [-0.1, -0.05) is 12.1 Å². The maximum Gasteiger partial charge on any atom is 0.337 e. The predicted octanol–water partition coefficient (Wildman–Crippen LogP) is 2.12. The summed E-state index contributed by atoms with van der Waals surface area (Å²) < 4.78 is 6.59. The standard InChI is InChI=1S/C16H16N4O2/c1-10-14(11(2)20-9-17-19-16(20)18-10)8-12-4-6-13(7-5-12)15(21)22-3/h4-7,9H,8H2,1-3H3. The summed E-state index contributed by atoms with van der Waals surface area (Å²) in [5.41, 5.74) is 4.80. The molecule has 0 radical (unpaired) electrons. The van der Waals surface area contributed by atoms with Crippen molar-refractivity contribution < 1.29 is 9.53 Å². The minimum Gasteiger partial charge on any atom is -0.465 e. The Balaban J connectivity index is 1.94. The van der Waals surface area contributed by atoms with Gasteiger partial charge in [0.05, 0.1) is 12.7 Å². The highest BCUT2D eigenvalue weighted by atomic mass is 16.5. The number of nitrogens with zero attached hydrogens (tertiary/aromatic N) is 4. The summed E-state index contributed by atoms with van der Waals surface area (Å²) in [4.78, 5) is 15.9. The lowest BCUT2D eigenvalue weighted by Gasteiger charge is -2.11. The molecular weight excluding hydrogens is 280 g/mol. The zero-order valence-electron chi connectivity index (χ0n) is 12.7. The summed E-state index contributed by atoms with van der Waals surface area (Å²) in [5, 5.41) is 7.87. The lowest BCUT2D eigenvalue weighted by Crippen LogP contribution is -2.05. The van der Waals surface area contributed by atoms with Gasteiger partial charge in [0.1, 0.15) is 6.33 Å². The number of aromatic nitrogens is 4. The van der Waals surface area contributed by atoms with Crippen molar-refractivity contribution in [2.75, 3.05) is 7.11 Å². The molecule has 0 N–H and O–H groups in total. The van der Waals surface area contributed by atoms with E-state index in [1.807, 2.05) is 30.4 Å². The van der Waals surface area contributed by atoms with Crippen molar-refractivity contribution in [1.82, 2.24) is 19.6 Å². The Morgan fingerprint density at radius 2 is 1.95 bits per heavy atom. The van der Waals surface area contributed by atoms with Gasteiger partial charge in [-0.3, -0.25) is 4.40 Å². The van der Waals surface area contributed by atoms with E-state index in [1.54, 1.807) is 18.5 Å². The molecular formula is C16H16N4O2. The van der Waals surface area contributed by atoms with Crippen molar-refractivity contribution in [2.24, 2.45) is 0 Å². The fraction of sp³-hybridized carbons (Fsp3) is 0.250. The highest BCUT2D eigenvalue weighted by Gasteiger charge is 2.11. The van der Waals surface area contributed by atoms with Crippen LogP contribution in [0.15, 0.2) is 30.6 Å². The van der Waals surface area contributed by atoms with Crippen LogP contribution in [0, 0.1) is 13.8 Å². The molecule has 2 heterocycles. The Kier molecular flexibility index (Phi) is 3.58. The average Bonchev–Trinajstić information content (AvgIpc) is 2.99. The molecule has 6 heteroatoms. The first kappa shape index (κ1) is 14.2. The van der Waals surface area contributed by atoms with E-state index in [4.69, 9.17) is 4.74 Å². The number of aryl methyl sites for hydroxylation is 2. The molecule has 0 saturated carbocycles. The summed E-state index contributed by atoms with van der Waals surface area (Å²) in [5.74, 6) is 0.284. The Labute approximate surface area is 127 Å². The first-order valence-corrected chi connectivity index (χ1v) is 6.93. The third-order valence-corrected chi connectivity index (χ3v) is 3.79. The zero-order valence-corrected chi connectivity index (χ0v) is 12.7. The fourth-order valence-corrected chi connectivity index (χ4v) is 2.50. The van der Waals surface area contributed by atoms with Crippen molar-refractivity contribution in [1.29, 1.82) is 0 Å². The second-order valence-corrected chi connectivity index (χ2v) is 5.13. The van der Waals surface area contributed by atoms with E-state index in [0.29, 0.717) is 11.3 Å². The molecule has 3 rings (SSSR count). The molecule has 6 nitrogen and oxygen atoms in total. The van der Waals surface area contributed by atoms with Crippen LogP contribution < -0.4 is 0 Å². The van der Waals surface area contributed by atoms with E-state index >= 15 is 0 Å². The Morgan fingerprint density at radius 3 is 2.64 bits per heavy atom. The number of methoxy groups -OCH3 is 1. The number of esters is 1. The van der Waals surface area contributed by atoms with E-state index in [9.17, 15) is 4.79 Å². The molecule has 2 aromatic heterocycles. The van der Waals surface area contributed by atoms with Crippen LogP contribution in [-0.4, -0.2) is 32.7 Å². The number of hydrogen-bond donors (Lipinski definition) is 0. The van der Waals surface area contributed by atoms with Gasteiger partial charge in [-0.05, 0) is 37.1 Å². The van der Waals surface area contributed by atoms with Crippen molar-refractivity contribution in [3.8, 4) is 0 Å². The molecule has 3 aromatic rings. The molecule has 0 fully saturated rings. The fourth-order valence-electron chi connectivity index (χ4n) is 2.50. The molecule has 0 saturated heterocycles. The first-order valence-electron chi connectivity index (χ1n) is 6.93. The van der Waals surface area contributed by atoms with Gasteiger partial charge in [0.15, 0.2) is 0 Å². The van der Waals surface area contributed by atoms with Gasteiger partial charge in [0.2, 0.25) is 0 Å². The molecule has 0 spiro atoms. The van der Waals surface area contributed by atoms with Crippen molar-refractivity contribution in [2.45, 2.75) is 20.3 Å². The van der Waals surface area contributed by atoms with Gasteiger partial charge in [-0.25, -0.2) is 9.78 Å². The molecule has 0 bridgehead atoms. The van der Waals surface area contributed by atoms with E-state index < -0.39 is 0 Å². The Bertz CT molecular complexity index is 837. The number of rotatable bonds is 3. The summed E-state index contributed by atoms with van der Waals surface area (Å²) in [6, 6.07) is 7.41. The van der Waals surface area contributed by atoms with Crippen LogP contribution in [0.4, 0.5) is 0 Å². The van der Waals surface area contributed by atoms with Gasteiger partial charge in [-0.15, -0.1) is 10.2 Å². The van der Waals surface area contributed by atoms with E-state index in [1.165, 1.54) is 7.11 Å².